The summed E-state index contributed by atoms with van der Waals surface area (Å²) < 4.78 is 26.8. The molecule has 106 valence electrons. The molecule has 0 unspecified atom stereocenters. The van der Waals surface area contributed by atoms with Gasteiger partial charge >= 0.3 is 0 Å². The SMILES string of the molecule is O=C(Cc1cccs1)NC[C@H](O)c1c(F)cccc1F. The Hall–Kier alpha value is -1.79. The van der Waals surface area contributed by atoms with E-state index in [1.54, 1.807) is 0 Å². The number of rotatable bonds is 5. The van der Waals surface area contributed by atoms with Crippen LogP contribution in [0.25, 0.3) is 0 Å². The summed E-state index contributed by atoms with van der Waals surface area (Å²) >= 11 is 1.44. The molecule has 0 aliphatic heterocycles. The number of carbonyl (C=O) groups excluding carboxylic acids is 1. The first kappa shape index (κ1) is 14.6. The largest absolute Gasteiger partial charge is 0.386 e. The molecular formula is C14H13F2NO2S. The van der Waals surface area contributed by atoms with Crippen molar-refractivity contribution >= 4 is 17.2 Å². The highest BCUT2D eigenvalue weighted by molar-refractivity contribution is 7.10. The van der Waals surface area contributed by atoms with Gasteiger partial charge in [-0.25, -0.2) is 8.78 Å². The fourth-order valence-corrected chi connectivity index (χ4v) is 2.48. The summed E-state index contributed by atoms with van der Waals surface area (Å²) in [5, 5.41) is 14.1. The van der Waals surface area contributed by atoms with Gasteiger partial charge in [0.25, 0.3) is 0 Å². The molecule has 0 bridgehead atoms. The van der Waals surface area contributed by atoms with Crippen LogP contribution in [0.4, 0.5) is 8.78 Å². The Kier molecular flexibility index (Phi) is 4.81. The first-order valence-electron chi connectivity index (χ1n) is 5.99. The Morgan fingerprint density at radius 1 is 1.25 bits per heavy atom. The fourth-order valence-electron chi connectivity index (χ4n) is 1.78. The van der Waals surface area contributed by atoms with E-state index >= 15 is 0 Å². The van der Waals surface area contributed by atoms with Crippen LogP contribution in [0.5, 0.6) is 0 Å². The number of aliphatic hydroxyl groups excluding tert-OH is 1. The zero-order valence-electron chi connectivity index (χ0n) is 10.5. The third kappa shape index (κ3) is 3.61. The van der Waals surface area contributed by atoms with Crippen molar-refractivity contribution in [2.24, 2.45) is 0 Å². The van der Waals surface area contributed by atoms with E-state index in [2.05, 4.69) is 5.32 Å². The molecule has 0 fully saturated rings. The van der Waals surface area contributed by atoms with Gasteiger partial charge < -0.3 is 10.4 Å². The molecule has 2 aromatic rings. The zero-order chi connectivity index (χ0) is 14.5. The normalized spacial score (nSPS) is 12.2. The van der Waals surface area contributed by atoms with E-state index in [0.29, 0.717) is 0 Å². The van der Waals surface area contributed by atoms with E-state index < -0.39 is 23.3 Å². The van der Waals surface area contributed by atoms with Gasteiger partial charge in [0.2, 0.25) is 5.91 Å². The minimum atomic E-state index is -1.41. The summed E-state index contributed by atoms with van der Waals surface area (Å²) in [5.74, 6) is -1.96. The van der Waals surface area contributed by atoms with Crippen molar-refractivity contribution in [1.82, 2.24) is 5.32 Å². The maximum atomic E-state index is 13.4. The van der Waals surface area contributed by atoms with E-state index in [1.165, 1.54) is 17.4 Å². The van der Waals surface area contributed by atoms with E-state index in [9.17, 15) is 18.7 Å². The molecule has 1 heterocycles. The lowest BCUT2D eigenvalue weighted by Crippen LogP contribution is -2.30. The first-order valence-corrected chi connectivity index (χ1v) is 6.87. The molecule has 1 amide bonds. The lowest BCUT2D eigenvalue weighted by atomic mass is 10.1. The third-order valence-corrected chi connectivity index (χ3v) is 3.62. The molecule has 0 saturated heterocycles. The van der Waals surface area contributed by atoms with Crippen molar-refractivity contribution < 1.29 is 18.7 Å². The summed E-state index contributed by atoms with van der Waals surface area (Å²) in [5.41, 5.74) is -0.427. The van der Waals surface area contributed by atoms with Crippen LogP contribution >= 0.6 is 11.3 Å². The van der Waals surface area contributed by atoms with Crippen molar-refractivity contribution in [2.45, 2.75) is 12.5 Å². The van der Waals surface area contributed by atoms with Crippen LogP contribution in [-0.2, 0) is 11.2 Å². The second-order valence-corrected chi connectivity index (χ2v) is 5.24. The van der Waals surface area contributed by atoms with Crippen molar-refractivity contribution in [1.29, 1.82) is 0 Å². The van der Waals surface area contributed by atoms with E-state index in [4.69, 9.17) is 0 Å². The summed E-state index contributed by atoms with van der Waals surface area (Å²) in [6, 6.07) is 6.99. The van der Waals surface area contributed by atoms with Crippen molar-refractivity contribution in [2.75, 3.05) is 6.54 Å². The van der Waals surface area contributed by atoms with Gasteiger partial charge in [-0.15, -0.1) is 11.3 Å². The molecule has 6 heteroatoms. The minimum absolute atomic E-state index is 0.185. The monoisotopic (exact) mass is 297 g/mol. The Balaban J connectivity index is 1.92. The van der Waals surface area contributed by atoms with Crippen LogP contribution in [0, 0.1) is 11.6 Å². The highest BCUT2D eigenvalue weighted by Crippen LogP contribution is 2.20. The number of aliphatic hydroxyl groups is 1. The van der Waals surface area contributed by atoms with Crippen LogP contribution in [-0.4, -0.2) is 17.6 Å². The highest BCUT2D eigenvalue weighted by Gasteiger charge is 2.18. The molecular weight excluding hydrogens is 284 g/mol. The molecule has 20 heavy (non-hydrogen) atoms. The number of carbonyl (C=O) groups is 1. The first-order chi connectivity index (χ1) is 9.58. The summed E-state index contributed by atoms with van der Waals surface area (Å²) in [6.07, 6.45) is -1.23. The van der Waals surface area contributed by atoms with Gasteiger partial charge in [0.15, 0.2) is 0 Å². The highest BCUT2D eigenvalue weighted by atomic mass is 32.1. The van der Waals surface area contributed by atoms with Crippen molar-refractivity contribution in [3.63, 3.8) is 0 Å². The number of amides is 1. The lowest BCUT2D eigenvalue weighted by Gasteiger charge is -2.13. The lowest BCUT2D eigenvalue weighted by molar-refractivity contribution is -0.120. The number of halogens is 2. The topological polar surface area (TPSA) is 49.3 Å². The number of hydrogen-bond acceptors (Lipinski definition) is 3. The molecule has 0 radical (unpaired) electrons. The minimum Gasteiger partial charge on any atom is -0.386 e. The molecule has 1 atom stereocenters. The summed E-state index contributed by atoms with van der Waals surface area (Å²) in [6.45, 7) is -0.234. The average molecular weight is 297 g/mol. The summed E-state index contributed by atoms with van der Waals surface area (Å²) in [7, 11) is 0. The standard InChI is InChI=1S/C14H13F2NO2S/c15-10-4-1-5-11(16)14(10)12(18)8-17-13(19)7-9-3-2-6-20-9/h1-6,12,18H,7-8H2,(H,17,19)/t12-/m0/s1. The molecule has 2 rings (SSSR count). The van der Waals surface area contributed by atoms with Crippen LogP contribution in [0.3, 0.4) is 0 Å². The molecule has 0 aliphatic rings. The number of hydrogen-bond donors (Lipinski definition) is 2. The third-order valence-electron chi connectivity index (χ3n) is 2.74. The van der Waals surface area contributed by atoms with Crippen molar-refractivity contribution in [3.05, 3.63) is 57.8 Å². The average Bonchev–Trinajstić information content (AvgIpc) is 2.89. The van der Waals surface area contributed by atoms with Crippen LogP contribution in [0.1, 0.15) is 16.5 Å². The van der Waals surface area contributed by atoms with Gasteiger partial charge in [-0.2, -0.15) is 0 Å². The van der Waals surface area contributed by atoms with Gasteiger partial charge in [-0.05, 0) is 23.6 Å². The number of nitrogens with one attached hydrogen (secondary N) is 1. The molecule has 3 nitrogen and oxygen atoms in total. The van der Waals surface area contributed by atoms with E-state index in [-0.39, 0.29) is 18.9 Å². The van der Waals surface area contributed by atoms with Gasteiger partial charge in [0, 0.05) is 11.4 Å². The van der Waals surface area contributed by atoms with Crippen LogP contribution in [0.15, 0.2) is 35.7 Å². The number of thiophene rings is 1. The van der Waals surface area contributed by atoms with Gasteiger partial charge in [-0.3, -0.25) is 4.79 Å². The van der Waals surface area contributed by atoms with Crippen LogP contribution in [0.2, 0.25) is 0 Å². The molecule has 0 aliphatic carbocycles. The second-order valence-electron chi connectivity index (χ2n) is 4.21. The fraction of sp³-hybridized carbons (Fsp3) is 0.214. The zero-order valence-corrected chi connectivity index (χ0v) is 11.3. The quantitative estimate of drug-likeness (QED) is 0.890. The van der Waals surface area contributed by atoms with E-state index in [1.807, 2.05) is 17.5 Å². The van der Waals surface area contributed by atoms with Crippen molar-refractivity contribution in [3.8, 4) is 0 Å². The predicted molar refractivity (Wildman–Crippen MR) is 72.4 cm³/mol. The molecule has 0 spiro atoms. The molecule has 1 aromatic carbocycles. The molecule has 0 saturated carbocycles. The molecule has 2 N–H and O–H groups in total. The van der Waals surface area contributed by atoms with E-state index in [0.717, 1.165) is 17.0 Å². The Morgan fingerprint density at radius 3 is 2.55 bits per heavy atom. The van der Waals surface area contributed by atoms with Gasteiger partial charge in [0.05, 0.1) is 12.0 Å². The van der Waals surface area contributed by atoms with Gasteiger partial charge in [-0.1, -0.05) is 12.1 Å². The second kappa shape index (κ2) is 6.58. The summed E-state index contributed by atoms with van der Waals surface area (Å²) in [4.78, 5) is 12.5. The van der Waals surface area contributed by atoms with Gasteiger partial charge in [0.1, 0.15) is 17.7 Å². The maximum absolute atomic E-state index is 13.4. The predicted octanol–water partition coefficient (Wildman–Crippen LogP) is 2.42. The van der Waals surface area contributed by atoms with Crippen LogP contribution < -0.4 is 5.32 Å². The smallest absolute Gasteiger partial charge is 0.225 e. The molecule has 1 aromatic heterocycles. The Bertz CT molecular complexity index is 567. The Morgan fingerprint density at radius 2 is 1.95 bits per heavy atom. The number of benzene rings is 1. The maximum Gasteiger partial charge on any atom is 0.225 e. The Labute approximate surface area is 118 Å².